The van der Waals surface area contributed by atoms with Crippen LogP contribution in [-0.4, -0.2) is 17.6 Å². The molecule has 5 heteroatoms. The molecule has 0 saturated heterocycles. The number of amides is 1. The second kappa shape index (κ2) is 6.91. The molecule has 0 spiro atoms. The minimum absolute atomic E-state index is 0.184. The Balaban J connectivity index is 1.72. The van der Waals surface area contributed by atoms with Crippen molar-refractivity contribution in [3.63, 3.8) is 0 Å². The highest BCUT2D eigenvalue weighted by Gasteiger charge is 2.21. The zero-order valence-corrected chi connectivity index (χ0v) is 15.5. The first-order valence-corrected chi connectivity index (χ1v) is 9.19. The number of carbonyl (C=O) groups is 1. The van der Waals surface area contributed by atoms with Gasteiger partial charge in [-0.3, -0.25) is 9.59 Å². The van der Waals surface area contributed by atoms with Crippen molar-refractivity contribution in [2.45, 2.75) is 32.4 Å². The van der Waals surface area contributed by atoms with Crippen LogP contribution in [0.25, 0.3) is 10.9 Å². The van der Waals surface area contributed by atoms with Crippen molar-refractivity contribution < 1.29 is 9.53 Å². The molecule has 138 valence electrons. The quantitative estimate of drug-likeness (QED) is 0.773. The van der Waals surface area contributed by atoms with Gasteiger partial charge in [0.15, 0.2) is 0 Å². The van der Waals surface area contributed by atoms with Crippen LogP contribution in [0.4, 0.5) is 0 Å². The van der Waals surface area contributed by atoms with E-state index in [0.29, 0.717) is 11.1 Å². The summed E-state index contributed by atoms with van der Waals surface area (Å²) in [5.74, 6) is 0.348. The topological polar surface area (TPSA) is 60.3 Å². The third-order valence-electron chi connectivity index (χ3n) is 5.22. The van der Waals surface area contributed by atoms with Crippen molar-refractivity contribution in [2.75, 3.05) is 7.11 Å². The van der Waals surface area contributed by atoms with Crippen LogP contribution in [0.5, 0.6) is 5.75 Å². The van der Waals surface area contributed by atoms with E-state index in [0.717, 1.165) is 30.5 Å². The Morgan fingerprint density at radius 3 is 2.81 bits per heavy atom. The maximum absolute atomic E-state index is 13.0. The van der Waals surface area contributed by atoms with Gasteiger partial charge in [-0.15, -0.1) is 0 Å². The molecular formula is C22H22N2O3. The number of ether oxygens (including phenoxy) is 1. The number of aryl methyl sites for hydroxylation is 2. The lowest BCUT2D eigenvalue weighted by atomic mass is 9.99. The van der Waals surface area contributed by atoms with Gasteiger partial charge in [0.2, 0.25) is 5.43 Å². The van der Waals surface area contributed by atoms with Crippen LogP contribution in [0.15, 0.2) is 53.5 Å². The van der Waals surface area contributed by atoms with Crippen LogP contribution in [0.1, 0.15) is 40.9 Å². The molecule has 3 aromatic rings. The highest BCUT2D eigenvalue weighted by molar-refractivity contribution is 5.98. The van der Waals surface area contributed by atoms with Crippen molar-refractivity contribution in [2.24, 2.45) is 0 Å². The lowest BCUT2D eigenvalue weighted by Crippen LogP contribution is -2.32. The summed E-state index contributed by atoms with van der Waals surface area (Å²) in [5, 5.41) is 3.56. The lowest BCUT2D eigenvalue weighted by Gasteiger charge is -2.21. The number of hydrogen-bond acceptors (Lipinski definition) is 3. The fourth-order valence-electron chi connectivity index (χ4n) is 3.89. The van der Waals surface area contributed by atoms with E-state index in [-0.39, 0.29) is 22.9 Å². The Kier molecular flexibility index (Phi) is 4.44. The average molecular weight is 362 g/mol. The highest BCUT2D eigenvalue weighted by atomic mass is 16.5. The molecule has 1 atom stereocenters. The van der Waals surface area contributed by atoms with Crippen LogP contribution >= 0.6 is 0 Å². The molecule has 0 bridgehead atoms. The van der Waals surface area contributed by atoms with E-state index in [1.807, 2.05) is 47.9 Å². The van der Waals surface area contributed by atoms with Gasteiger partial charge in [0.05, 0.1) is 18.7 Å². The van der Waals surface area contributed by atoms with Gasteiger partial charge in [0, 0.05) is 23.7 Å². The number of para-hydroxylation sites is 2. The number of benzene rings is 2. The fraction of sp³-hybridized carbons (Fsp3) is 0.273. The molecule has 0 unspecified atom stereocenters. The standard InChI is InChI=1S/C22H22N2O3/c1-14(16-9-3-4-11-19(16)27-2)23-22(26)18-13-24-12-6-8-15-7-5-10-17(20(15)24)21(18)25/h3-5,7,9-11,13-14H,6,8,12H2,1-2H3,(H,23,26)/t14-/m1/s1. The van der Waals surface area contributed by atoms with Gasteiger partial charge in [0.1, 0.15) is 11.3 Å². The fourth-order valence-corrected chi connectivity index (χ4v) is 3.89. The first kappa shape index (κ1) is 17.3. The van der Waals surface area contributed by atoms with Gasteiger partial charge in [-0.2, -0.15) is 0 Å². The molecule has 1 amide bonds. The molecule has 1 aliphatic heterocycles. The molecule has 5 nitrogen and oxygen atoms in total. The smallest absolute Gasteiger partial charge is 0.257 e. The number of carbonyl (C=O) groups excluding carboxylic acids is 1. The Morgan fingerprint density at radius 2 is 2.00 bits per heavy atom. The van der Waals surface area contributed by atoms with E-state index in [1.54, 1.807) is 13.3 Å². The predicted octanol–water partition coefficient (Wildman–Crippen LogP) is 3.45. The zero-order valence-electron chi connectivity index (χ0n) is 15.5. The summed E-state index contributed by atoms with van der Waals surface area (Å²) in [6.07, 6.45) is 3.68. The van der Waals surface area contributed by atoms with Crippen LogP contribution in [-0.2, 0) is 13.0 Å². The van der Waals surface area contributed by atoms with E-state index in [9.17, 15) is 9.59 Å². The van der Waals surface area contributed by atoms with Crippen LogP contribution in [0.3, 0.4) is 0 Å². The van der Waals surface area contributed by atoms with Crippen molar-refractivity contribution in [1.82, 2.24) is 9.88 Å². The van der Waals surface area contributed by atoms with E-state index in [2.05, 4.69) is 11.4 Å². The molecule has 2 heterocycles. The van der Waals surface area contributed by atoms with Crippen molar-refractivity contribution in [1.29, 1.82) is 0 Å². The summed E-state index contributed by atoms with van der Waals surface area (Å²) in [6.45, 7) is 2.70. The van der Waals surface area contributed by atoms with E-state index < -0.39 is 0 Å². The minimum Gasteiger partial charge on any atom is -0.496 e. The Hall–Kier alpha value is -3.08. The maximum atomic E-state index is 13.0. The summed E-state index contributed by atoms with van der Waals surface area (Å²) in [5.41, 5.74) is 2.98. The Bertz CT molecular complexity index is 1080. The Morgan fingerprint density at radius 1 is 1.19 bits per heavy atom. The summed E-state index contributed by atoms with van der Waals surface area (Å²) in [6, 6.07) is 13.0. The molecule has 2 aromatic carbocycles. The first-order valence-electron chi connectivity index (χ1n) is 9.19. The lowest BCUT2D eigenvalue weighted by molar-refractivity contribution is 0.0938. The van der Waals surface area contributed by atoms with Gasteiger partial charge in [-0.1, -0.05) is 30.3 Å². The molecular weight excluding hydrogens is 340 g/mol. The van der Waals surface area contributed by atoms with Crippen molar-refractivity contribution >= 4 is 16.8 Å². The average Bonchev–Trinajstić information content (AvgIpc) is 2.70. The highest BCUT2D eigenvalue weighted by Crippen LogP contribution is 2.26. The van der Waals surface area contributed by atoms with Crippen LogP contribution in [0.2, 0.25) is 0 Å². The minimum atomic E-state index is -0.361. The number of nitrogens with one attached hydrogen (secondary N) is 1. The van der Waals surface area contributed by atoms with Gasteiger partial charge in [-0.05, 0) is 37.5 Å². The van der Waals surface area contributed by atoms with Crippen LogP contribution in [0, 0.1) is 0 Å². The zero-order chi connectivity index (χ0) is 19.0. The predicted molar refractivity (Wildman–Crippen MR) is 105 cm³/mol. The molecule has 4 rings (SSSR count). The summed E-state index contributed by atoms with van der Waals surface area (Å²) >= 11 is 0. The summed E-state index contributed by atoms with van der Waals surface area (Å²) in [7, 11) is 1.60. The Labute approximate surface area is 157 Å². The summed E-state index contributed by atoms with van der Waals surface area (Å²) in [4.78, 5) is 25.9. The normalized spacial score (nSPS) is 14.0. The van der Waals surface area contributed by atoms with Gasteiger partial charge in [0.25, 0.3) is 5.91 Å². The number of hydrogen-bond donors (Lipinski definition) is 1. The molecule has 1 aromatic heterocycles. The number of pyridine rings is 1. The number of methoxy groups -OCH3 is 1. The van der Waals surface area contributed by atoms with Crippen molar-refractivity contribution in [3.05, 3.63) is 75.6 Å². The van der Waals surface area contributed by atoms with Gasteiger partial charge < -0.3 is 14.6 Å². The van der Waals surface area contributed by atoms with Gasteiger partial charge >= 0.3 is 0 Å². The number of aromatic nitrogens is 1. The summed E-state index contributed by atoms with van der Waals surface area (Å²) < 4.78 is 7.42. The number of rotatable bonds is 4. The molecule has 1 aliphatic rings. The first-order chi connectivity index (χ1) is 13.1. The van der Waals surface area contributed by atoms with E-state index in [4.69, 9.17) is 4.74 Å². The second-order valence-electron chi connectivity index (χ2n) is 6.92. The SMILES string of the molecule is COc1ccccc1[C@@H](C)NC(=O)c1cn2c3c(cccc3c1=O)CCC2. The molecule has 0 saturated carbocycles. The molecule has 0 radical (unpaired) electrons. The van der Waals surface area contributed by atoms with Crippen molar-refractivity contribution in [3.8, 4) is 5.75 Å². The molecule has 27 heavy (non-hydrogen) atoms. The molecule has 1 N–H and O–H groups in total. The monoisotopic (exact) mass is 362 g/mol. The second-order valence-corrected chi connectivity index (χ2v) is 6.92. The van der Waals surface area contributed by atoms with Crippen LogP contribution < -0.4 is 15.5 Å². The third-order valence-corrected chi connectivity index (χ3v) is 5.22. The third kappa shape index (κ3) is 2.99. The molecule has 0 fully saturated rings. The van der Waals surface area contributed by atoms with E-state index in [1.165, 1.54) is 5.56 Å². The molecule has 0 aliphatic carbocycles. The largest absolute Gasteiger partial charge is 0.496 e. The maximum Gasteiger partial charge on any atom is 0.257 e. The number of nitrogens with zero attached hydrogens (tertiary/aromatic N) is 1. The van der Waals surface area contributed by atoms with Gasteiger partial charge in [-0.25, -0.2) is 0 Å². The van der Waals surface area contributed by atoms with E-state index >= 15 is 0 Å².